The highest BCUT2D eigenvalue weighted by Gasteiger charge is 1.99. The molecule has 0 N–H and O–H groups in total. The molecular formula is C14H21BrS. The van der Waals surface area contributed by atoms with Crippen LogP contribution in [0.25, 0.3) is 0 Å². The van der Waals surface area contributed by atoms with Gasteiger partial charge in [-0.3, -0.25) is 0 Å². The molecule has 0 unspecified atom stereocenters. The van der Waals surface area contributed by atoms with Gasteiger partial charge in [-0.15, -0.1) is 11.8 Å². The minimum atomic E-state index is 0.637. The first kappa shape index (κ1) is 14.1. The molecule has 1 aromatic carbocycles. The second kappa shape index (κ2) is 8.19. The number of rotatable bonds is 7. The molecular weight excluding hydrogens is 280 g/mol. The van der Waals surface area contributed by atoms with Crippen LogP contribution in [-0.2, 0) is 0 Å². The number of hydrogen-bond donors (Lipinski definition) is 0. The summed E-state index contributed by atoms with van der Waals surface area (Å²) >= 11 is 5.44. The smallest absolute Gasteiger partial charge is 0.00721 e. The summed E-state index contributed by atoms with van der Waals surface area (Å²) in [5, 5.41) is 1.14. The van der Waals surface area contributed by atoms with E-state index in [0.29, 0.717) is 5.92 Å². The molecule has 0 amide bonds. The first-order valence-corrected chi connectivity index (χ1v) is 8.13. The van der Waals surface area contributed by atoms with Crippen LogP contribution in [0.5, 0.6) is 0 Å². The fraction of sp³-hybridized carbons (Fsp3) is 0.571. The number of benzene rings is 1. The van der Waals surface area contributed by atoms with E-state index >= 15 is 0 Å². The van der Waals surface area contributed by atoms with Gasteiger partial charge in [0.1, 0.15) is 0 Å². The minimum absolute atomic E-state index is 0.637. The highest BCUT2D eigenvalue weighted by atomic mass is 79.9. The molecule has 0 saturated heterocycles. The van der Waals surface area contributed by atoms with Gasteiger partial charge in [0.05, 0.1) is 0 Å². The number of alkyl halides is 1. The third-order valence-corrected chi connectivity index (χ3v) is 4.25. The summed E-state index contributed by atoms with van der Waals surface area (Å²) in [5.74, 6) is 1.88. The van der Waals surface area contributed by atoms with Gasteiger partial charge >= 0.3 is 0 Å². The van der Waals surface area contributed by atoms with Gasteiger partial charge in [0, 0.05) is 10.2 Å². The van der Waals surface area contributed by atoms with Crippen LogP contribution in [0.1, 0.15) is 44.6 Å². The van der Waals surface area contributed by atoms with Crippen LogP contribution in [-0.4, -0.2) is 11.1 Å². The van der Waals surface area contributed by atoms with Crippen LogP contribution in [0.2, 0.25) is 0 Å². The number of unbranched alkanes of at least 4 members (excludes halogenated alkanes) is 2. The molecule has 16 heavy (non-hydrogen) atoms. The van der Waals surface area contributed by atoms with Crippen molar-refractivity contribution in [2.75, 3.05) is 11.1 Å². The normalized spacial score (nSPS) is 11.0. The molecule has 1 rings (SSSR count). The van der Waals surface area contributed by atoms with E-state index < -0.39 is 0 Å². The zero-order valence-electron chi connectivity index (χ0n) is 10.2. The second-order valence-corrected chi connectivity index (χ2v) is 6.28. The van der Waals surface area contributed by atoms with Crippen molar-refractivity contribution in [1.82, 2.24) is 0 Å². The Morgan fingerprint density at radius 1 is 1.06 bits per heavy atom. The van der Waals surface area contributed by atoms with E-state index in [1.54, 1.807) is 0 Å². The van der Waals surface area contributed by atoms with E-state index in [4.69, 9.17) is 0 Å². The molecule has 0 aromatic heterocycles. The summed E-state index contributed by atoms with van der Waals surface area (Å²) in [6.07, 6.45) is 3.96. The Hall–Kier alpha value is 0.0500. The lowest BCUT2D eigenvalue weighted by atomic mass is 10.0. The molecule has 0 atom stereocenters. The molecule has 0 aliphatic carbocycles. The molecule has 0 aliphatic rings. The molecule has 0 nitrogen and oxygen atoms in total. The summed E-state index contributed by atoms with van der Waals surface area (Å²) in [7, 11) is 0. The SMILES string of the molecule is CC(C)c1ccc(SCCCCCBr)cc1. The molecule has 0 spiro atoms. The van der Waals surface area contributed by atoms with Crippen LogP contribution in [0.15, 0.2) is 29.2 Å². The van der Waals surface area contributed by atoms with Crippen molar-refractivity contribution in [2.24, 2.45) is 0 Å². The number of thioether (sulfide) groups is 1. The van der Waals surface area contributed by atoms with Crippen molar-refractivity contribution in [3.05, 3.63) is 29.8 Å². The average Bonchev–Trinajstić information content (AvgIpc) is 2.29. The van der Waals surface area contributed by atoms with Crippen LogP contribution in [0.3, 0.4) is 0 Å². The molecule has 0 radical (unpaired) electrons. The summed E-state index contributed by atoms with van der Waals surface area (Å²) in [5.41, 5.74) is 1.43. The molecule has 0 heterocycles. The number of hydrogen-bond acceptors (Lipinski definition) is 1. The van der Waals surface area contributed by atoms with Crippen molar-refractivity contribution in [1.29, 1.82) is 0 Å². The predicted octanol–water partition coefficient (Wildman–Crippen LogP) is 5.47. The highest BCUT2D eigenvalue weighted by molar-refractivity contribution is 9.09. The van der Waals surface area contributed by atoms with E-state index in [2.05, 4.69) is 54.0 Å². The summed E-state index contributed by atoms with van der Waals surface area (Å²) in [4.78, 5) is 1.41. The Kier molecular flexibility index (Phi) is 7.22. The lowest BCUT2D eigenvalue weighted by Gasteiger charge is -2.06. The van der Waals surface area contributed by atoms with Gasteiger partial charge in [-0.2, -0.15) is 0 Å². The summed E-state index contributed by atoms with van der Waals surface area (Å²) in [6, 6.07) is 9.02. The van der Waals surface area contributed by atoms with Crippen LogP contribution >= 0.6 is 27.7 Å². The van der Waals surface area contributed by atoms with Crippen molar-refractivity contribution in [2.45, 2.75) is 43.9 Å². The predicted molar refractivity (Wildman–Crippen MR) is 78.9 cm³/mol. The van der Waals surface area contributed by atoms with Crippen LogP contribution in [0.4, 0.5) is 0 Å². The van der Waals surface area contributed by atoms with Crippen molar-refractivity contribution < 1.29 is 0 Å². The first-order valence-electron chi connectivity index (χ1n) is 6.02. The quantitative estimate of drug-likeness (QED) is 0.366. The Balaban J connectivity index is 2.27. The fourth-order valence-corrected chi connectivity index (χ4v) is 2.82. The van der Waals surface area contributed by atoms with Crippen molar-refractivity contribution in [3.8, 4) is 0 Å². The maximum atomic E-state index is 3.46. The Labute approximate surface area is 112 Å². The summed E-state index contributed by atoms with van der Waals surface area (Å²) < 4.78 is 0. The van der Waals surface area contributed by atoms with Gasteiger partial charge in [-0.25, -0.2) is 0 Å². The van der Waals surface area contributed by atoms with Gasteiger partial charge in [0.15, 0.2) is 0 Å². The fourth-order valence-electron chi connectivity index (χ4n) is 1.51. The van der Waals surface area contributed by atoms with Gasteiger partial charge in [-0.1, -0.05) is 48.3 Å². The average molecular weight is 301 g/mol. The Morgan fingerprint density at radius 2 is 1.75 bits per heavy atom. The molecule has 0 aliphatic heterocycles. The lowest BCUT2D eigenvalue weighted by molar-refractivity contribution is 0.788. The molecule has 0 bridgehead atoms. The zero-order valence-corrected chi connectivity index (χ0v) is 12.6. The maximum Gasteiger partial charge on any atom is 0.00721 e. The zero-order chi connectivity index (χ0) is 11.8. The van der Waals surface area contributed by atoms with Crippen molar-refractivity contribution >= 4 is 27.7 Å². The minimum Gasteiger partial charge on any atom is -0.126 e. The topological polar surface area (TPSA) is 0 Å². The second-order valence-electron chi connectivity index (χ2n) is 4.32. The monoisotopic (exact) mass is 300 g/mol. The van der Waals surface area contributed by atoms with E-state index in [1.165, 1.54) is 35.5 Å². The Morgan fingerprint density at radius 3 is 2.31 bits per heavy atom. The van der Waals surface area contributed by atoms with E-state index in [0.717, 1.165) is 5.33 Å². The maximum absolute atomic E-state index is 3.46. The van der Waals surface area contributed by atoms with Crippen LogP contribution in [0, 0.1) is 0 Å². The van der Waals surface area contributed by atoms with E-state index in [9.17, 15) is 0 Å². The standard InChI is InChI=1S/C14H21BrS/c1-12(2)13-6-8-14(9-7-13)16-11-5-3-4-10-15/h6-9,12H,3-5,10-11H2,1-2H3. The summed E-state index contributed by atoms with van der Waals surface area (Å²) in [6.45, 7) is 4.48. The highest BCUT2D eigenvalue weighted by Crippen LogP contribution is 2.22. The Bertz CT molecular complexity index is 279. The molecule has 2 heteroatoms. The third-order valence-electron chi connectivity index (χ3n) is 2.59. The van der Waals surface area contributed by atoms with E-state index in [1.807, 2.05) is 11.8 Å². The largest absolute Gasteiger partial charge is 0.126 e. The van der Waals surface area contributed by atoms with Gasteiger partial charge in [0.2, 0.25) is 0 Å². The van der Waals surface area contributed by atoms with Crippen molar-refractivity contribution in [3.63, 3.8) is 0 Å². The molecule has 90 valence electrons. The molecule has 0 fully saturated rings. The van der Waals surface area contributed by atoms with E-state index in [-0.39, 0.29) is 0 Å². The molecule has 1 aromatic rings. The first-order chi connectivity index (χ1) is 7.74. The van der Waals surface area contributed by atoms with Gasteiger partial charge in [0.25, 0.3) is 0 Å². The van der Waals surface area contributed by atoms with Gasteiger partial charge in [-0.05, 0) is 42.2 Å². The third kappa shape index (κ3) is 5.40. The molecule has 0 saturated carbocycles. The van der Waals surface area contributed by atoms with Gasteiger partial charge < -0.3 is 0 Å². The lowest BCUT2D eigenvalue weighted by Crippen LogP contribution is -1.86. The number of halogens is 1. The van der Waals surface area contributed by atoms with Crippen LogP contribution < -0.4 is 0 Å².